The zero-order chi connectivity index (χ0) is 13.7. The highest BCUT2D eigenvalue weighted by molar-refractivity contribution is 5.21. The van der Waals surface area contributed by atoms with Gasteiger partial charge < -0.3 is 10.1 Å². The second-order valence-corrected chi connectivity index (χ2v) is 5.04. The summed E-state index contributed by atoms with van der Waals surface area (Å²) in [5.41, 5.74) is 0.661. The van der Waals surface area contributed by atoms with Crippen LogP contribution in [0.5, 0.6) is 0 Å². The van der Waals surface area contributed by atoms with Crippen molar-refractivity contribution in [2.45, 2.75) is 44.8 Å². The van der Waals surface area contributed by atoms with Gasteiger partial charge in [0.25, 0.3) is 0 Å². The Morgan fingerprint density at radius 1 is 1.26 bits per heavy atom. The van der Waals surface area contributed by atoms with Crippen molar-refractivity contribution in [1.82, 2.24) is 5.32 Å². The quantitative estimate of drug-likeness (QED) is 0.882. The van der Waals surface area contributed by atoms with Crippen LogP contribution >= 0.6 is 0 Å². The molecule has 1 aliphatic heterocycles. The Morgan fingerprint density at radius 2 is 2.00 bits per heavy atom. The van der Waals surface area contributed by atoms with Gasteiger partial charge in [-0.25, -0.2) is 8.78 Å². The highest BCUT2D eigenvalue weighted by Crippen LogP contribution is 2.26. The van der Waals surface area contributed by atoms with Gasteiger partial charge in [-0.3, -0.25) is 0 Å². The Kier molecular flexibility index (Phi) is 5.28. The van der Waals surface area contributed by atoms with E-state index in [9.17, 15) is 8.78 Å². The van der Waals surface area contributed by atoms with Crippen LogP contribution in [0, 0.1) is 11.6 Å². The summed E-state index contributed by atoms with van der Waals surface area (Å²) in [7, 11) is 0. The number of rotatable bonds is 5. The van der Waals surface area contributed by atoms with Crippen LogP contribution in [-0.4, -0.2) is 19.3 Å². The molecule has 0 radical (unpaired) electrons. The van der Waals surface area contributed by atoms with Crippen molar-refractivity contribution in [3.05, 3.63) is 35.4 Å². The van der Waals surface area contributed by atoms with Gasteiger partial charge in [-0.1, -0.05) is 6.92 Å². The molecule has 106 valence electrons. The predicted molar refractivity (Wildman–Crippen MR) is 71.0 cm³/mol. The van der Waals surface area contributed by atoms with Crippen LogP contribution in [0.15, 0.2) is 18.2 Å². The van der Waals surface area contributed by atoms with Crippen LogP contribution in [-0.2, 0) is 4.74 Å². The maximum absolute atomic E-state index is 13.3. The summed E-state index contributed by atoms with van der Waals surface area (Å²) in [4.78, 5) is 0. The normalized spacial score (nSPS) is 21.3. The second-order valence-electron chi connectivity index (χ2n) is 5.04. The molecule has 0 saturated carbocycles. The minimum atomic E-state index is -0.525. The number of hydrogen-bond donors (Lipinski definition) is 1. The second kappa shape index (κ2) is 6.96. The van der Waals surface area contributed by atoms with E-state index in [2.05, 4.69) is 5.32 Å². The van der Waals surface area contributed by atoms with Crippen molar-refractivity contribution < 1.29 is 13.5 Å². The lowest BCUT2D eigenvalue weighted by atomic mass is 9.96. The first-order chi connectivity index (χ1) is 9.19. The van der Waals surface area contributed by atoms with Crippen LogP contribution in [0.3, 0.4) is 0 Å². The van der Waals surface area contributed by atoms with Crippen molar-refractivity contribution in [3.8, 4) is 0 Å². The topological polar surface area (TPSA) is 21.3 Å². The number of hydrogen-bond acceptors (Lipinski definition) is 2. The summed E-state index contributed by atoms with van der Waals surface area (Å²) in [6, 6.07) is 3.65. The molecular weight excluding hydrogens is 248 g/mol. The van der Waals surface area contributed by atoms with Crippen molar-refractivity contribution in [2.75, 3.05) is 13.2 Å². The average Bonchev–Trinajstić information content (AvgIpc) is 2.38. The molecule has 0 spiro atoms. The van der Waals surface area contributed by atoms with E-state index in [1.54, 1.807) is 0 Å². The summed E-state index contributed by atoms with van der Waals surface area (Å²) in [5, 5.41) is 3.29. The molecule has 0 aromatic heterocycles. The van der Waals surface area contributed by atoms with Gasteiger partial charge >= 0.3 is 0 Å². The average molecular weight is 269 g/mol. The molecule has 2 atom stereocenters. The van der Waals surface area contributed by atoms with Crippen LogP contribution in [0.25, 0.3) is 0 Å². The number of nitrogens with one attached hydrogen (secondary N) is 1. The molecule has 4 heteroatoms. The first-order valence-electron chi connectivity index (χ1n) is 7.00. The Morgan fingerprint density at radius 3 is 2.58 bits per heavy atom. The first kappa shape index (κ1) is 14.4. The Hall–Kier alpha value is -1.00. The van der Waals surface area contributed by atoms with Gasteiger partial charge in [-0.05, 0) is 49.9 Å². The van der Waals surface area contributed by atoms with E-state index in [4.69, 9.17) is 4.74 Å². The lowest BCUT2D eigenvalue weighted by molar-refractivity contribution is 0.00510. The number of benzene rings is 1. The van der Waals surface area contributed by atoms with E-state index in [-0.39, 0.29) is 12.1 Å². The van der Waals surface area contributed by atoms with E-state index < -0.39 is 11.6 Å². The minimum absolute atomic E-state index is 0.0571. The molecule has 1 aliphatic rings. The fourth-order valence-corrected chi connectivity index (χ4v) is 2.62. The smallest absolute Gasteiger partial charge is 0.126 e. The van der Waals surface area contributed by atoms with E-state index in [1.165, 1.54) is 18.6 Å². The highest BCUT2D eigenvalue weighted by atomic mass is 19.1. The van der Waals surface area contributed by atoms with Gasteiger partial charge in [0.15, 0.2) is 0 Å². The lowest BCUT2D eigenvalue weighted by Crippen LogP contribution is -2.29. The summed E-state index contributed by atoms with van der Waals surface area (Å²) in [5.74, 6) is -1.05. The Bertz CT molecular complexity index is 385. The summed E-state index contributed by atoms with van der Waals surface area (Å²) in [6.45, 7) is 3.54. The van der Waals surface area contributed by atoms with E-state index in [0.717, 1.165) is 38.5 Å². The molecule has 2 nitrogen and oxygen atoms in total. The SMILES string of the molecule is CCNC(CC1CCCCO1)c1cc(F)cc(F)c1. The third-order valence-corrected chi connectivity index (χ3v) is 3.51. The van der Waals surface area contributed by atoms with Crippen molar-refractivity contribution in [2.24, 2.45) is 0 Å². The molecule has 1 fully saturated rings. The van der Waals surface area contributed by atoms with Gasteiger partial charge in [0.2, 0.25) is 0 Å². The van der Waals surface area contributed by atoms with Gasteiger partial charge in [-0.2, -0.15) is 0 Å². The third kappa shape index (κ3) is 4.25. The molecule has 1 saturated heterocycles. The molecule has 0 amide bonds. The monoisotopic (exact) mass is 269 g/mol. The van der Waals surface area contributed by atoms with Gasteiger partial charge in [0, 0.05) is 18.7 Å². The number of ether oxygens (including phenoxy) is 1. The molecule has 0 aliphatic carbocycles. The maximum Gasteiger partial charge on any atom is 0.126 e. The fourth-order valence-electron chi connectivity index (χ4n) is 2.62. The Labute approximate surface area is 113 Å². The van der Waals surface area contributed by atoms with Gasteiger partial charge in [0.1, 0.15) is 11.6 Å². The third-order valence-electron chi connectivity index (χ3n) is 3.51. The molecular formula is C15H21F2NO. The molecule has 1 aromatic carbocycles. The largest absolute Gasteiger partial charge is 0.378 e. The molecule has 1 heterocycles. The minimum Gasteiger partial charge on any atom is -0.378 e. The fraction of sp³-hybridized carbons (Fsp3) is 0.600. The molecule has 19 heavy (non-hydrogen) atoms. The standard InChI is InChI=1S/C15H21F2NO/c1-2-18-15(10-14-5-3-4-6-19-14)11-7-12(16)9-13(17)8-11/h7-9,14-15,18H,2-6,10H2,1H3. The summed E-state index contributed by atoms with van der Waals surface area (Å²) in [6.07, 6.45) is 4.25. The predicted octanol–water partition coefficient (Wildman–Crippen LogP) is 3.57. The molecule has 2 rings (SSSR count). The zero-order valence-corrected chi connectivity index (χ0v) is 11.3. The molecule has 1 N–H and O–H groups in total. The van der Waals surface area contributed by atoms with Crippen LogP contribution in [0.2, 0.25) is 0 Å². The van der Waals surface area contributed by atoms with Crippen LogP contribution in [0.4, 0.5) is 8.78 Å². The molecule has 0 bridgehead atoms. The summed E-state index contributed by atoms with van der Waals surface area (Å²) < 4.78 is 32.3. The number of halogens is 2. The first-order valence-corrected chi connectivity index (χ1v) is 7.00. The van der Waals surface area contributed by atoms with E-state index >= 15 is 0 Å². The van der Waals surface area contributed by atoms with Gasteiger partial charge in [-0.15, -0.1) is 0 Å². The Balaban J connectivity index is 2.09. The van der Waals surface area contributed by atoms with Crippen LogP contribution < -0.4 is 5.32 Å². The van der Waals surface area contributed by atoms with E-state index in [0.29, 0.717) is 5.56 Å². The highest BCUT2D eigenvalue weighted by Gasteiger charge is 2.21. The summed E-state index contributed by atoms with van der Waals surface area (Å²) >= 11 is 0. The van der Waals surface area contributed by atoms with Gasteiger partial charge in [0.05, 0.1) is 6.10 Å². The van der Waals surface area contributed by atoms with Crippen molar-refractivity contribution in [1.29, 1.82) is 0 Å². The zero-order valence-electron chi connectivity index (χ0n) is 11.3. The van der Waals surface area contributed by atoms with E-state index in [1.807, 2.05) is 6.92 Å². The molecule has 2 unspecified atom stereocenters. The molecule has 1 aromatic rings. The van der Waals surface area contributed by atoms with Crippen molar-refractivity contribution in [3.63, 3.8) is 0 Å². The lowest BCUT2D eigenvalue weighted by Gasteiger charge is -2.27. The maximum atomic E-state index is 13.3. The van der Waals surface area contributed by atoms with Crippen LogP contribution in [0.1, 0.15) is 44.2 Å². The van der Waals surface area contributed by atoms with Crippen molar-refractivity contribution >= 4 is 0 Å².